The first kappa shape index (κ1) is 11.1. The minimum Gasteiger partial charge on any atom is -0.304 e. The van der Waals surface area contributed by atoms with Crippen molar-refractivity contribution in [3.05, 3.63) is 34.5 Å². The van der Waals surface area contributed by atoms with E-state index in [1.54, 1.807) is 12.1 Å². The van der Waals surface area contributed by atoms with Gasteiger partial charge in [0.2, 0.25) is 0 Å². The minimum atomic E-state index is -0.152. The lowest BCUT2D eigenvalue weighted by molar-refractivity contribution is 0.103. The number of thiophene rings is 1. The fraction of sp³-hybridized carbons (Fsp3) is 0.100. The monoisotopic (exact) mass is 251 g/mol. The van der Waals surface area contributed by atoms with Crippen LogP contribution in [-0.2, 0) is 0 Å². The van der Waals surface area contributed by atoms with Crippen molar-refractivity contribution in [3.63, 3.8) is 0 Å². The molecule has 0 atom stereocenters. The number of aromatic nitrogens is 2. The molecule has 0 aliphatic carbocycles. The zero-order valence-electron chi connectivity index (χ0n) is 8.51. The van der Waals surface area contributed by atoms with Gasteiger partial charge in [-0.05, 0) is 29.8 Å². The first-order chi connectivity index (χ1) is 7.79. The highest BCUT2D eigenvalue weighted by molar-refractivity contribution is 7.98. The van der Waals surface area contributed by atoms with Gasteiger partial charge in [-0.25, -0.2) is 0 Å². The Morgan fingerprint density at radius 2 is 2.25 bits per heavy atom. The second-order valence-corrected chi connectivity index (χ2v) is 4.67. The normalized spacial score (nSPS) is 10.1. The molecule has 82 valence electrons. The molecule has 0 aliphatic heterocycles. The lowest BCUT2D eigenvalue weighted by atomic mass is 10.4. The second-order valence-electron chi connectivity index (χ2n) is 2.89. The summed E-state index contributed by atoms with van der Waals surface area (Å²) in [4.78, 5) is 12.3. The molecule has 0 aromatic carbocycles. The summed E-state index contributed by atoms with van der Waals surface area (Å²) in [6.07, 6.45) is 1.92. The van der Waals surface area contributed by atoms with Gasteiger partial charge in [0.05, 0.1) is 4.88 Å². The number of nitrogens with zero attached hydrogens (tertiary/aromatic N) is 2. The van der Waals surface area contributed by atoms with Gasteiger partial charge in [0.1, 0.15) is 5.03 Å². The smallest absolute Gasteiger partial charge is 0.266 e. The van der Waals surface area contributed by atoms with E-state index in [9.17, 15) is 4.79 Å². The van der Waals surface area contributed by atoms with Crippen LogP contribution in [0.4, 0.5) is 5.82 Å². The summed E-state index contributed by atoms with van der Waals surface area (Å²) in [5.41, 5.74) is 0. The fourth-order valence-corrected chi connectivity index (χ4v) is 2.03. The predicted molar refractivity (Wildman–Crippen MR) is 66.1 cm³/mol. The van der Waals surface area contributed by atoms with Gasteiger partial charge < -0.3 is 5.32 Å². The van der Waals surface area contributed by atoms with Crippen molar-refractivity contribution in [2.24, 2.45) is 0 Å². The number of anilines is 1. The first-order valence-corrected chi connectivity index (χ1v) is 6.62. The van der Waals surface area contributed by atoms with Crippen molar-refractivity contribution in [1.29, 1.82) is 0 Å². The molecule has 1 N–H and O–H groups in total. The van der Waals surface area contributed by atoms with E-state index in [4.69, 9.17) is 0 Å². The Labute approximate surface area is 101 Å². The maximum Gasteiger partial charge on any atom is 0.266 e. The van der Waals surface area contributed by atoms with Crippen LogP contribution in [0.25, 0.3) is 0 Å². The molecule has 0 fully saturated rings. The van der Waals surface area contributed by atoms with Gasteiger partial charge in [-0.3, -0.25) is 4.79 Å². The van der Waals surface area contributed by atoms with Crippen LogP contribution < -0.4 is 5.32 Å². The number of hydrogen-bond acceptors (Lipinski definition) is 5. The van der Waals surface area contributed by atoms with Gasteiger partial charge in [-0.2, -0.15) is 0 Å². The molecule has 2 aromatic rings. The third-order valence-corrected chi connectivity index (χ3v) is 3.34. The van der Waals surface area contributed by atoms with Crippen molar-refractivity contribution in [1.82, 2.24) is 10.2 Å². The second kappa shape index (κ2) is 5.09. The average Bonchev–Trinajstić information content (AvgIpc) is 2.83. The molecular formula is C10H9N3OS2. The van der Waals surface area contributed by atoms with E-state index in [1.807, 2.05) is 23.8 Å². The summed E-state index contributed by atoms with van der Waals surface area (Å²) in [5.74, 6) is 0.317. The van der Waals surface area contributed by atoms with Crippen LogP contribution >= 0.6 is 23.1 Å². The Hall–Kier alpha value is -1.40. The van der Waals surface area contributed by atoms with E-state index < -0.39 is 0 Å². The van der Waals surface area contributed by atoms with E-state index in [1.165, 1.54) is 23.1 Å². The number of carbonyl (C=O) groups is 1. The van der Waals surface area contributed by atoms with Crippen molar-refractivity contribution in [2.45, 2.75) is 5.03 Å². The molecule has 0 spiro atoms. The van der Waals surface area contributed by atoms with Gasteiger partial charge in [0, 0.05) is 0 Å². The molecule has 2 heterocycles. The van der Waals surface area contributed by atoms with Crippen LogP contribution in [0.15, 0.2) is 34.7 Å². The summed E-state index contributed by atoms with van der Waals surface area (Å²) >= 11 is 2.90. The molecule has 0 saturated heterocycles. The first-order valence-electron chi connectivity index (χ1n) is 4.52. The van der Waals surface area contributed by atoms with Crippen molar-refractivity contribution >= 4 is 34.8 Å². The van der Waals surface area contributed by atoms with Gasteiger partial charge in [-0.1, -0.05) is 6.07 Å². The quantitative estimate of drug-likeness (QED) is 0.852. The topological polar surface area (TPSA) is 54.9 Å². The van der Waals surface area contributed by atoms with Crippen LogP contribution in [0, 0.1) is 0 Å². The van der Waals surface area contributed by atoms with Crippen LogP contribution in [0.2, 0.25) is 0 Å². The maximum atomic E-state index is 11.7. The molecule has 6 heteroatoms. The lowest BCUT2D eigenvalue weighted by Crippen LogP contribution is -2.11. The molecule has 2 aromatic heterocycles. The van der Waals surface area contributed by atoms with Gasteiger partial charge in [0.15, 0.2) is 5.82 Å². The van der Waals surface area contributed by atoms with Gasteiger partial charge >= 0.3 is 0 Å². The Balaban J connectivity index is 2.06. The molecular weight excluding hydrogens is 242 g/mol. The molecule has 0 unspecified atom stereocenters. The summed E-state index contributed by atoms with van der Waals surface area (Å²) in [6.45, 7) is 0. The number of rotatable bonds is 3. The highest BCUT2D eigenvalue weighted by atomic mass is 32.2. The summed E-state index contributed by atoms with van der Waals surface area (Å²) in [6, 6.07) is 7.16. The van der Waals surface area contributed by atoms with Gasteiger partial charge in [-0.15, -0.1) is 33.3 Å². The Morgan fingerprint density at radius 3 is 2.81 bits per heavy atom. The Bertz CT molecular complexity index is 467. The largest absolute Gasteiger partial charge is 0.304 e. The van der Waals surface area contributed by atoms with E-state index >= 15 is 0 Å². The van der Waals surface area contributed by atoms with E-state index in [-0.39, 0.29) is 5.91 Å². The molecule has 1 amide bonds. The summed E-state index contributed by atoms with van der Waals surface area (Å²) < 4.78 is 0. The molecule has 0 radical (unpaired) electrons. The maximum absolute atomic E-state index is 11.7. The number of amides is 1. The van der Waals surface area contributed by atoms with Crippen LogP contribution in [0.3, 0.4) is 0 Å². The lowest BCUT2D eigenvalue weighted by Gasteiger charge is -2.01. The third kappa shape index (κ3) is 2.59. The SMILES string of the molecule is CSc1ccc(NC(=O)c2cccs2)nn1. The molecule has 0 bridgehead atoms. The molecule has 4 nitrogen and oxygen atoms in total. The molecule has 0 saturated carbocycles. The summed E-state index contributed by atoms with van der Waals surface area (Å²) in [7, 11) is 0. The number of carbonyl (C=O) groups excluding carboxylic acids is 1. The zero-order valence-corrected chi connectivity index (χ0v) is 10.1. The van der Waals surface area contributed by atoms with Crippen LogP contribution in [0.5, 0.6) is 0 Å². The predicted octanol–water partition coefficient (Wildman–Crippen LogP) is 2.51. The number of thioether (sulfide) groups is 1. The van der Waals surface area contributed by atoms with E-state index in [0.29, 0.717) is 10.7 Å². The molecule has 2 rings (SSSR count). The van der Waals surface area contributed by atoms with Crippen LogP contribution in [-0.4, -0.2) is 22.4 Å². The Kier molecular flexibility index (Phi) is 3.53. The average molecular weight is 251 g/mol. The van der Waals surface area contributed by atoms with Crippen molar-refractivity contribution in [2.75, 3.05) is 11.6 Å². The van der Waals surface area contributed by atoms with E-state index in [2.05, 4.69) is 15.5 Å². The van der Waals surface area contributed by atoms with Crippen molar-refractivity contribution in [3.8, 4) is 0 Å². The standard InChI is InChI=1S/C10H9N3OS2/c1-15-9-5-4-8(12-13-9)11-10(14)7-3-2-6-16-7/h2-6H,1H3,(H,11,12,14). The molecule has 16 heavy (non-hydrogen) atoms. The number of hydrogen-bond donors (Lipinski definition) is 1. The molecule has 0 aliphatic rings. The number of nitrogens with one attached hydrogen (secondary N) is 1. The van der Waals surface area contributed by atoms with Crippen LogP contribution in [0.1, 0.15) is 9.67 Å². The fourth-order valence-electron chi connectivity index (χ4n) is 1.08. The summed E-state index contributed by atoms with van der Waals surface area (Å²) in [5, 5.41) is 13.2. The van der Waals surface area contributed by atoms with Gasteiger partial charge in [0.25, 0.3) is 5.91 Å². The Morgan fingerprint density at radius 1 is 1.38 bits per heavy atom. The zero-order chi connectivity index (χ0) is 11.4. The van der Waals surface area contributed by atoms with E-state index in [0.717, 1.165) is 5.03 Å². The highest BCUT2D eigenvalue weighted by Gasteiger charge is 2.07. The van der Waals surface area contributed by atoms with Crippen molar-refractivity contribution < 1.29 is 4.79 Å². The third-order valence-electron chi connectivity index (χ3n) is 1.84. The highest BCUT2D eigenvalue weighted by Crippen LogP contribution is 2.13. The minimum absolute atomic E-state index is 0.152.